The van der Waals surface area contributed by atoms with E-state index in [9.17, 15) is 9.59 Å². The number of hydrogen-bond donors (Lipinski definition) is 1. The molecule has 0 bridgehead atoms. The van der Waals surface area contributed by atoms with Gasteiger partial charge in [-0.25, -0.2) is 4.79 Å². The normalized spacial score (nSPS) is 15.0. The Bertz CT molecular complexity index is 954. The number of imide groups is 1. The predicted octanol–water partition coefficient (Wildman–Crippen LogP) is 4.54. The molecule has 1 saturated heterocycles. The topological polar surface area (TPSA) is 67.9 Å². The van der Waals surface area contributed by atoms with Crippen LogP contribution >= 0.6 is 11.6 Å². The minimum Gasteiger partial charge on any atom is -0.490 e. The number of likely N-dealkylation sites (N-methyl/N-ethyl adjacent to an activating group) is 1. The average molecular weight is 415 g/mol. The van der Waals surface area contributed by atoms with Gasteiger partial charge in [0.2, 0.25) is 0 Å². The Kier molecular flexibility index (Phi) is 6.44. The van der Waals surface area contributed by atoms with Crippen LogP contribution in [-0.4, -0.2) is 30.0 Å². The smallest absolute Gasteiger partial charge is 0.328 e. The van der Waals surface area contributed by atoms with Crippen molar-refractivity contribution in [2.75, 3.05) is 13.2 Å². The van der Waals surface area contributed by atoms with Gasteiger partial charge in [0.15, 0.2) is 11.5 Å². The van der Waals surface area contributed by atoms with Crippen LogP contribution in [0.3, 0.4) is 0 Å². The maximum atomic E-state index is 12.3. The van der Waals surface area contributed by atoms with Crippen LogP contribution in [0.25, 0.3) is 6.08 Å². The Balaban J connectivity index is 1.86. The number of benzene rings is 2. The zero-order valence-electron chi connectivity index (χ0n) is 16.6. The lowest BCUT2D eigenvalue weighted by Gasteiger charge is -2.15. The average Bonchev–Trinajstić information content (AvgIpc) is 2.95. The Morgan fingerprint density at radius 1 is 1.10 bits per heavy atom. The van der Waals surface area contributed by atoms with Gasteiger partial charge in [-0.15, -0.1) is 0 Å². The first-order valence-corrected chi connectivity index (χ1v) is 9.80. The summed E-state index contributed by atoms with van der Waals surface area (Å²) in [4.78, 5) is 25.2. The van der Waals surface area contributed by atoms with E-state index in [4.69, 9.17) is 21.1 Å². The van der Waals surface area contributed by atoms with E-state index in [0.29, 0.717) is 41.8 Å². The minimum atomic E-state index is -0.432. The Hall–Kier alpha value is -2.99. The summed E-state index contributed by atoms with van der Waals surface area (Å²) in [6.07, 6.45) is 1.58. The number of rotatable bonds is 7. The van der Waals surface area contributed by atoms with Gasteiger partial charge in [0, 0.05) is 6.54 Å². The van der Waals surface area contributed by atoms with Crippen molar-refractivity contribution >= 4 is 29.6 Å². The molecule has 3 amide bonds. The number of nitrogens with zero attached hydrogens (tertiary/aromatic N) is 1. The quantitative estimate of drug-likeness (QED) is 0.533. The van der Waals surface area contributed by atoms with Crippen molar-refractivity contribution in [3.05, 3.63) is 63.8 Å². The number of amides is 3. The molecule has 0 atom stereocenters. The maximum absolute atomic E-state index is 12.3. The SMILES string of the molecule is CCOc1cc(/C=C2/NC(=O)N(CC)C2=O)cc(Cl)c1OCc1ccc(C)cc1. The summed E-state index contributed by atoms with van der Waals surface area (Å²) in [6.45, 7) is 6.71. The lowest BCUT2D eigenvalue weighted by molar-refractivity contribution is -0.122. The fourth-order valence-electron chi connectivity index (χ4n) is 2.94. The van der Waals surface area contributed by atoms with Crippen molar-refractivity contribution in [1.29, 1.82) is 0 Å². The van der Waals surface area contributed by atoms with Crippen LogP contribution in [0.15, 0.2) is 42.1 Å². The molecule has 2 aromatic rings. The first-order valence-electron chi connectivity index (χ1n) is 9.42. The van der Waals surface area contributed by atoms with Crippen LogP contribution < -0.4 is 14.8 Å². The minimum absolute atomic E-state index is 0.198. The van der Waals surface area contributed by atoms with Crippen molar-refractivity contribution < 1.29 is 19.1 Å². The number of ether oxygens (including phenoxy) is 2. The fraction of sp³-hybridized carbons (Fsp3) is 0.273. The third-order valence-electron chi connectivity index (χ3n) is 4.43. The summed E-state index contributed by atoms with van der Waals surface area (Å²) < 4.78 is 11.6. The van der Waals surface area contributed by atoms with Gasteiger partial charge in [0.25, 0.3) is 5.91 Å². The van der Waals surface area contributed by atoms with Crippen molar-refractivity contribution in [2.45, 2.75) is 27.4 Å². The monoisotopic (exact) mass is 414 g/mol. The van der Waals surface area contributed by atoms with Gasteiger partial charge in [-0.1, -0.05) is 41.4 Å². The molecule has 1 aliphatic heterocycles. The Morgan fingerprint density at radius 3 is 2.45 bits per heavy atom. The van der Waals surface area contributed by atoms with Gasteiger partial charge in [-0.3, -0.25) is 9.69 Å². The standard InChI is InChI=1S/C22H23ClN2O4/c1-4-25-21(26)18(24-22(25)27)11-16-10-17(23)20(19(12-16)28-5-2)29-13-15-8-6-14(3)7-9-15/h6-12H,4-5,13H2,1-3H3,(H,24,27)/b18-11+. The second kappa shape index (κ2) is 9.01. The van der Waals surface area contributed by atoms with Crippen LogP contribution in [0, 0.1) is 6.92 Å². The highest BCUT2D eigenvalue weighted by molar-refractivity contribution is 6.32. The van der Waals surface area contributed by atoms with Crippen LogP contribution in [-0.2, 0) is 11.4 Å². The summed E-state index contributed by atoms with van der Waals surface area (Å²) in [7, 11) is 0. The van der Waals surface area contributed by atoms with Crippen LogP contribution in [0.5, 0.6) is 11.5 Å². The van der Waals surface area contributed by atoms with E-state index in [1.54, 1.807) is 25.1 Å². The van der Waals surface area contributed by atoms with Crippen molar-refractivity contribution in [2.24, 2.45) is 0 Å². The molecule has 3 rings (SSSR count). The number of aryl methyl sites for hydroxylation is 1. The maximum Gasteiger partial charge on any atom is 0.328 e. The molecule has 0 spiro atoms. The number of carbonyl (C=O) groups excluding carboxylic acids is 2. The second-order valence-corrected chi connectivity index (χ2v) is 6.98. The molecule has 1 aliphatic rings. The third-order valence-corrected chi connectivity index (χ3v) is 4.71. The van der Waals surface area contributed by atoms with E-state index in [0.717, 1.165) is 10.5 Å². The number of carbonyl (C=O) groups is 2. The van der Waals surface area contributed by atoms with Crippen LogP contribution in [0.2, 0.25) is 5.02 Å². The van der Waals surface area contributed by atoms with Crippen molar-refractivity contribution in [3.8, 4) is 11.5 Å². The third kappa shape index (κ3) is 4.71. The highest BCUT2D eigenvalue weighted by atomic mass is 35.5. The van der Waals surface area contributed by atoms with Crippen LogP contribution in [0.4, 0.5) is 4.79 Å². The molecule has 0 unspecified atom stereocenters. The van der Waals surface area contributed by atoms with Gasteiger partial charge in [-0.05, 0) is 50.1 Å². The Morgan fingerprint density at radius 2 is 1.83 bits per heavy atom. The largest absolute Gasteiger partial charge is 0.490 e. The molecule has 1 fully saturated rings. The molecule has 6 nitrogen and oxygen atoms in total. The van der Waals surface area contributed by atoms with E-state index in [1.807, 2.05) is 38.1 Å². The van der Waals surface area contributed by atoms with Crippen molar-refractivity contribution in [3.63, 3.8) is 0 Å². The van der Waals surface area contributed by atoms with E-state index in [1.165, 1.54) is 5.56 Å². The molecule has 1 heterocycles. The van der Waals surface area contributed by atoms with E-state index < -0.39 is 6.03 Å². The van der Waals surface area contributed by atoms with Gasteiger partial charge >= 0.3 is 6.03 Å². The molecule has 2 aromatic carbocycles. The summed E-state index contributed by atoms with van der Waals surface area (Å²) in [5, 5.41) is 2.93. The number of urea groups is 1. The zero-order chi connectivity index (χ0) is 21.0. The highest BCUT2D eigenvalue weighted by Gasteiger charge is 2.32. The predicted molar refractivity (Wildman–Crippen MR) is 112 cm³/mol. The number of nitrogens with one attached hydrogen (secondary N) is 1. The zero-order valence-corrected chi connectivity index (χ0v) is 17.4. The summed E-state index contributed by atoms with van der Waals surface area (Å²) in [6, 6.07) is 11.0. The second-order valence-electron chi connectivity index (χ2n) is 6.57. The van der Waals surface area contributed by atoms with Crippen LogP contribution in [0.1, 0.15) is 30.5 Å². The Labute approximate surface area is 175 Å². The van der Waals surface area contributed by atoms with Gasteiger partial charge in [-0.2, -0.15) is 0 Å². The number of hydrogen-bond acceptors (Lipinski definition) is 4. The first kappa shape index (κ1) is 20.7. The molecule has 7 heteroatoms. The van der Waals surface area contributed by atoms with Gasteiger partial charge in [0.1, 0.15) is 12.3 Å². The molecule has 29 heavy (non-hydrogen) atoms. The molecule has 0 aliphatic carbocycles. The van der Waals surface area contributed by atoms with E-state index >= 15 is 0 Å². The summed E-state index contributed by atoms with van der Waals surface area (Å²) in [5.41, 5.74) is 3.01. The molecular weight excluding hydrogens is 392 g/mol. The molecule has 152 valence electrons. The molecule has 0 aromatic heterocycles. The highest BCUT2D eigenvalue weighted by Crippen LogP contribution is 2.38. The van der Waals surface area contributed by atoms with E-state index in [2.05, 4.69) is 5.32 Å². The summed E-state index contributed by atoms with van der Waals surface area (Å²) in [5.74, 6) is 0.544. The number of halogens is 1. The van der Waals surface area contributed by atoms with Crippen molar-refractivity contribution in [1.82, 2.24) is 10.2 Å². The van der Waals surface area contributed by atoms with E-state index in [-0.39, 0.29) is 11.6 Å². The fourth-order valence-corrected chi connectivity index (χ4v) is 3.21. The molecular formula is C22H23ClN2O4. The molecule has 0 radical (unpaired) electrons. The summed E-state index contributed by atoms with van der Waals surface area (Å²) >= 11 is 6.45. The van der Waals surface area contributed by atoms with Gasteiger partial charge in [0.05, 0.1) is 11.6 Å². The first-order chi connectivity index (χ1) is 13.9. The lowest BCUT2D eigenvalue weighted by atomic mass is 10.1. The molecule has 0 saturated carbocycles. The lowest BCUT2D eigenvalue weighted by Crippen LogP contribution is -2.30. The van der Waals surface area contributed by atoms with Gasteiger partial charge < -0.3 is 14.8 Å². The molecule has 1 N–H and O–H groups in total.